The Morgan fingerprint density at radius 2 is 1.69 bits per heavy atom. The van der Waals surface area contributed by atoms with E-state index in [1.165, 1.54) is 0 Å². The molecule has 3 amide bonds. The quantitative estimate of drug-likeness (QED) is 0.169. The first-order valence-corrected chi connectivity index (χ1v) is 11.9. The highest BCUT2D eigenvalue weighted by Gasteiger charge is 2.32. The maximum Gasteiger partial charge on any atom is 0.326 e. The van der Waals surface area contributed by atoms with Gasteiger partial charge < -0.3 is 36.9 Å². The number of aromatic amines is 1. The second kappa shape index (κ2) is 13.1. The van der Waals surface area contributed by atoms with Crippen LogP contribution in [0.2, 0.25) is 0 Å². The van der Waals surface area contributed by atoms with E-state index in [0.717, 1.165) is 16.5 Å². The zero-order valence-corrected chi connectivity index (χ0v) is 20.5. The monoisotopic (exact) mass is 507 g/mol. The second-order valence-electron chi connectivity index (χ2n) is 8.37. The molecule has 1 aromatic carbocycles. The van der Waals surface area contributed by atoms with Crippen LogP contribution in [0.1, 0.15) is 25.8 Å². The molecule has 1 aromatic heterocycles. The highest BCUT2D eigenvalue weighted by atomic mass is 32.1. The maximum atomic E-state index is 13.1. The van der Waals surface area contributed by atoms with E-state index in [1.54, 1.807) is 20.0 Å². The van der Waals surface area contributed by atoms with Crippen LogP contribution in [0.5, 0.6) is 0 Å². The third-order valence-electron chi connectivity index (χ3n) is 5.86. The Kier molecular flexibility index (Phi) is 10.6. The number of carbonyl (C=O) groups excluding carboxylic acids is 3. The van der Waals surface area contributed by atoms with E-state index in [0.29, 0.717) is 6.42 Å². The lowest BCUT2D eigenvalue weighted by molar-refractivity contribution is -0.144. The minimum absolute atomic E-state index is 0.0567. The number of aliphatic carboxylic acids is 1. The van der Waals surface area contributed by atoms with Gasteiger partial charge in [-0.25, -0.2) is 4.79 Å². The largest absolute Gasteiger partial charge is 0.480 e. The van der Waals surface area contributed by atoms with Crippen molar-refractivity contribution in [3.05, 3.63) is 36.0 Å². The van der Waals surface area contributed by atoms with Gasteiger partial charge in [0, 0.05) is 29.3 Å². The molecule has 12 heteroatoms. The summed E-state index contributed by atoms with van der Waals surface area (Å²) >= 11 is 4.01. The number of aliphatic hydroxyl groups is 1. The van der Waals surface area contributed by atoms with Crippen molar-refractivity contribution in [2.45, 2.75) is 50.9 Å². The van der Waals surface area contributed by atoms with Gasteiger partial charge in [0.05, 0.1) is 12.6 Å². The van der Waals surface area contributed by atoms with E-state index in [4.69, 9.17) is 5.73 Å². The fourth-order valence-electron chi connectivity index (χ4n) is 3.49. The molecule has 2 rings (SSSR count). The van der Waals surface area contributed by atoms with Gasteiger partial charge in [-0.05, 0) is 17.5 Å². The summed E-state index contributed by atoms with van der Waals surface area (Å²) in [7, 11) is 0. The number of H-pyrrole nitrogens is 1. The molecule has 0 fully saturated rings. The Bertz CT molecular complexity index is 1040. The van der Waals surface area contributed by atoms with E-state index in [-0.39, 0.29) is 18.1 Å². The van der Waals surface area contributed by atoms with Crippen molar-refractivity contribution >= 4 is 47.2 Å². The number of fused-ring (bicyclic) bond motifs is 1. The van der Waals surface area contributed by atoms with Crippen molar-refractivity contribution in [3.8, 4) is 0 Å². The summed E-state index contributed by atoms with van der Waals surface area (Å²) in [6.45, 7) is 2.68. The van der Waals surface area contributed by atoms with Crippen molar-refractivity contribution in [3.63, 3.8) is 0 Å². The van der Waals surface area contributed by atoms with Crippen LogP contribution in [-0.2, 0) is 25.6 Å². The SMILES string of the molecule is CCC(C)C(NC(=O)C(CO)NC(=O)C(Cc1c[nH]c2ccccc12)NC(=O)C(N)CS)C(=O)O. The minimum atomic E-state index is -1.42. The number of hydrogen-bond donors (Lipinski definition) is 8. The first kappa shape index (κ1) is 28.1. The third-order valence-corrected chi connectivity index (χ3v) is 6.25. The maximum absolute atomic E-state index is 13.1. The fourth-order valence-corrected chi connectivity index (χ4v) is 3.66. The molecule has 1 heterocycles. The van der Waals surface area contributed by atoms with E-state index >= 15 is 0 Å². The summed E-state index contributed by atoms with van der Waals surface area (Å²) in [5, 5.41) is 27.4. The Morgan fingerprint density at radius 3 is 2.29 bits per heavy atom. The van der Waals surface area contributed by atoms with Gasteiger partial charge in [0.2, 0.25) is 17.7 Å². The van der Waals surface area contributed by atoms with Gasteiger partial charge in [-0.2, -0.15) is 12.6 Å². The predicted molar refractivity (Wildman–Crippen MR) is 134 cm³/mol. The number of rotatable bonds is 13. The number of carboxylic acid groups (broad SMARTS) is 1. The number of thiol groups is 1. The van der Waals surface area contributed by atoms with Crippen LogP contribution < -0.4 is 21.7 Å². The Balaban J connectivity index is 2.22. The first-order chi connectivity index (χ1) is 16.6. The zero-order valence-electron chi connectivity index (χ0n) is 19.7. The smallest absolute Gasteiger partial charge is 0.326 e. The molecule has 0 aliphatic heterocycles. The summed E-state index contributed by atoms with van der Waals surface area (Å²) < 4.78 is 0. The van der Waals surface area contributed by atoms with Crippen LogP contribution in [0.25, 0.3) is 10.9 Å². The normalized spacial score (nSPS) is 15.5. The molecule has 0 saturated carbocycles. The van der Waals surface area contributed by atoms with Gasteiger partial charge >= 0.3 is 5.97 Å². The van der Waals surface area contributed by atoms with Crippen LogP contribution >= 0.6 is 12.6 Å². The number of nitrogens with one attached hydrogen (secondary N) is 4. The fraction of sp³-hybridized carbons (Fsp3) is 0.478. The number of benzene rings is 1. The van der Waals surface area contributed by atoms with Crippen LogP contribution in [-0.4, -0.2) is 75.4 Å². The standard InChI is InChI=1S/C23H33N5O6S/c1-3-12(2)19(23(33)34)28-22(32)18(10-29)27-21(31)17(26-20(30)15(24)11-35)8-13-9-25-16-7-5-4-6-14(13)16/h4-7,9,12,15,17-19,25,29,35H,3,8,10-11,24H2,1-2H3,(H,26,30)(H,27,31)(H,28,32)(H,33,34). The van der Waals surface area contributed by atoms with Crippen molar-refractivity contribution in [1.82, 2.24) is 20.9 Å². The molecule has 192 valence electrons. The molecule has 35 heavy (non-hydrogen) atoms. The van der Waals surface area contributed by atoms with Gasteiger partial charge in [0.25, 0.3) is 0 Å². The number of aliphatic hydroxyl groups excluding tert-OH is 1. The number of para-hydroxylation sites is 1. The summed E-state index contributed by atoms with van der Waals surface area (Å²) in [6.07, 6.45) is 2.29. The first-order valence-electron chi connectivity index (χ1n) is 11.3. The molecule has 5 atom stereocenters. The topological polar surface area (TPSA) is 187 Å². The number of nitrogens with two attached hydrogens (primary N) is 1. The molecule has 0 radical (unpaired) electrons. The molecule has 5 unspecified atom stereocenters. The van der Waals surface area contributed by atoms with Gasteiger partial charge in [-0.15, -0.1) is 0 Å². The van der Waals surface area contributed by atoms with Gasteiger partial charge in [0.15, 0.2) is 0 Å². The zero-order chi connectivity index (χ0) is 26.1. The van der Waals surface area contributed by atoms with E-state index in [2.05, 4.69) is 33.6 Å². The van der Waals surface area contributed by atoms with E-state index in [1.807, 2.05) is 24.3 Å². The molecule has 0 aliphatic carbocycles. The molecule has 2 aromatic rings. The highest BCUT2D eigenvalue weighted by molar-refractivity contribution is 7.80. The lowest BCUT2D eigenvalue weighted by Crippen LogP contribution is -2.59. The molecule has 11 nitrogen and oxygen atoms in total. The molecule has 0 aliphatic rings. The number of aromatic nitrogens is 1. The number of carboxylic acids is 1. The van der Waals surface area contributed by atoms with Gasteiger partial charge in [0.1, 0.15) is 18.1 Å². The van der Waals surface area contributed by atoms with Crippen molar-refractivity contribution in [2.75, 3.05) is 12.4 Å². The van der Waals surface area contributed by atoms with E-state index in [9.17, 15) is 29.4 Å². The summed E-state index contributed by atoms with van der Waals surface area (Å²) in [5.41, 5.74) is 7.33. The lowest BCUT2D eigenvalue weighted by Gasteiger charge is -2.25. The average molecular weight is 508 g/mol. The Labute approximate surface area is 208 Å². The molecule has 8 N–H and O–H groups in total. The predicted octanol–water partition coefficient (Wildman–Crippen LogP) is -0.455. The minimum Gasteiger partial charge on any atom is -0.480 e. The van der Waals surface area contributed by atoms with Crippen molar-refractivity contribution in [2.24, 2.45) is 11.7 Å². The lowest BCUT2D eigenvalue weighted by atomic mass is 9.99. The molecular weight excluding hydrogens is 474 g/mol. The van der Waals surface area contributed by atoms with Gasteiger partial charge in [-0.1, -0.05) is 38.5 Å². The molecule has 0 saturated heterocycles. The Morgan fingerprint density at radius 1 is 1.06 bits per heavy atom. The Hall–Kier alpha value is -3.09. The molecule has 0 bridgehead atoms. The van der Waals surface area contributed by atoms with Crippen LogP contribution in [0.15, 0.2) is 30.5 Å². The van der Waals surface area contributed by atoms with E-state index < -0.39 is 54.5 Å². The number of amides is 3. The average Bonchev–Trinajstić information content (AvgIpc) is 3.26. The molecular formula is C23H33N5O6S. The number of hydrogen-bond acceptors (Lipinski definition) is 7. The van der Waals surface area contributed by atoms with Crippen molar-refractivity contribution in [1.29, 1.82) is 0 Å². The van der Waals surface area contributed by atoms with Crippen molar-refractivity contribution < 1.29 is 29.4 Å². The number of carbonyl (C=O) groups is 4. The summed E-state index contributed by atoms with van der Waals surface area (Å²) in [5.74, 6) is -3.73. The summed E-state index contributed by atoms with van der Waals surface area (Å²) in [4.78, 5) is 52.9. The van der Waals surface area contributed by atoms with Gasteiger partial charge in [-0.3, -0.25) is 14.4 Å². The van der Waals surface area contributed by atoms with Crippen LogP contribution in [0, 0.1) is 5.92 Å². The molecule has 0 spiro atoms. The summed E-state index contributed by atoms with van der Waals surface area (Å²) in [6, 6.07) is 2.73. The second-order valence-corrected chi connectivity index (χ2v) is 8.73. The highest BCUT2D eigenvalue weighted by Crippen LogP contribution is 2.19. The van der Waals surface area contributed by atoms with Crippen LogP contribution in [0.4, 0.5) is 0 Å². The third kappa shape index (κ3) is 7.44. The van der Waals surface area contributed by atoms with Crippen LogP contribution in [0.3, 0.4) is 0 Å².